The maximum Gasteiger partial charge on any atom is 0.398 e. The fraction of sp³-hybridized carbons (Fsp3) is 0.235. The standard InChI is InChI=1S/C17H16F3N3O3S/c1-11-12(6-4-7-14(11)23(25)26)22-16(24)9-21-13-5-2-3-8-15(13)27-10-17(18,19)20/h2-8,21H,9-10H2,1H3,(H,22,24). The molecule has 6 nitrogen and oxygen atoms in total. The quantitative estimate of drug-likeness (QED) is 0.404. The normalized spacial score (nSPS) is 11.1. The first-order valence-electron chi connectivity index (χ1n) is 7.73. The van der Waals surface area contributed by atoms with Crippen molar-refractivity contribution in [1.29, 1.82) is 0 Å². The van der Waals surface area contributed by atoms with E-state index in [0.717, 1.165) is 0 Å². The molecule has 0 bridgehead atoms. The molecule has 0 aliphatic carbocycles. The monoisotopic (exact) mass is 399 g/mol. The summed E-state index contributed by atoms with van der Waals surface area (Å²) in [6.07, 6.45) is -4.30. The van der Waals surface area contributed by atoms with Crippen LogP contribution in [0.5, 0.6) is 0 Å². The number of hydrogen-bond acceptors (Lipinski definition) is 5. The van der Waals surface area contributed by atoms with E-state index in [1.165, 1.54) is 31.2 Å². The highest BCUT2D eigenvalue weighted by Crippen LogP contribution is 2.32. The van der Waals surface area contributed by atoms with E-state index in [0.29, 0.717) is 33.6 Å². The number of carbonyl (C=O) groups excluding carboxylic acids is 1. The lowest BCUT2D eigenvalue weighted by Crippen LogP contribution is -2.22. The topological polar surface area (TPSA) is 84.3 Å². The van der Waals surface area contributed by atoms with Crippen LogP contribution in [0.15, 0.2) is 47.4 Å². The lowest BCUT2D eigenvalue weighted by atomic mass is 10.1. The Morgan fingerprint density at radius 3 is 2.48 bits per heavy atom. The lowest BCUT2D eigenvalue weighted by Gasteiger charge is -2.13. The summed E-state index contributed by atoms with van der Waals surface area (Å²) in [4.78, 5) is 22.9. The Morgan fingerprint density at radius 1 is 1.15 bits per heavy atom. The van der Waals surface area contributed by atoms with Gasteiger partial charge in [-0.25, -0.2) is 0 Å². The SMILES string of the molecule is Cc1c(NC(=O)CNc2ccccc2SCC(F)(F)F)cccc1[N+](=O)[O-]. The first-order chi connectivity index (χ1) is 12.7. The van der Waals surface area contributed by atoms with Crippen molar-refractivity contribution in [1.82, 2.24) is 0 Å². The molecule has 0 spiro atoms. The van der Waals surface area contributed by atoms with Gasteiger partial charge in [0.2, 0.25) is 5.91 Å². The molecular weight excluding hydrogens is 383 g/mol. The van der Waals surface area contributed by atoms with Crippen molar-refractivity contribution in [2.24, 2.45) is 0 Å². The Balaban J connectivity index is 2.01. The third-order valence-corrected chi connectivity index (χ3v) is 4.63. The second-order valence-electron chi connectivity index (χ2n) is 5.51. The number of halogens is 3. The van der Waals surface area contributed by atoms with Crippen LogP contribution in [-0.2, 0) is 4.79 Å². The molecule has 0 heterocycles. The molecule has 2 N–H and O–H groups in total. The summed E-state index contributed by atoms with van der Waals surface area (Å²) in [7, 11) is 0. The van der Waals surface area contributed by atoms with E-state index in [1.54, 1.807) is 18.2 Å². The van der Waals surface area contributed by atoms with Crippen molar-refractivity contribution in [3.63, 3.8) is 0 Å². The number of nitrogens with zero attached hydrogens (tertiary/aromatic N) is 1. The number of nitrogens with one attached hydrogen (secondary N) is 2. The van der Waals surface area contributed by atoms with Gasteiger partial charge in [-0.15, -0.1) is 11.8 Å². The highest BCUT2D eigenvalue weighted by atomic mass is 32.2. The number of nitro benzene ring substituents is 1. The average Bonchev–Trinajstić information content (AvgIpc) is 2.59. The Bertz CT molecular complexity index is 844. The molecule has 2 aromatic rings. The Hall–Kier alpha value is -2.75. The minimum absolute atomic E-state index is 0.116. The molecule has 1 amide bonds. The van der Waals surface area contributed by atoms with Crippen molar-refractivity contribution in [3.8, 4) is 0 Å². The van der Waals surface area contributed by atoms with Gasteiger partial charge in [-0.05, 0) is 25.1 Å². The van der Waals surface area contributed by atoms with Crippen LogP contribution in [0.3, 0.4) is 0 Å². The molecule has 0 atom stereocenters. The molecule has 0 unspecified atom stereocenters. The Kier molecular flexibility index (Phi) is 6.67. The minimum atomic E-state index is -4.30. The molecule has 0 radical (unpaired) electrons. The molecule has 27 heavy (non-hydrogen) atoms. The summed E-state index contributed by atoms with van der Waals surface area (Å²) in [6.45, 7) is 1.32. The number of nitro groups is 1. The number of alkyl halides is 3. The number of benzene rings is 2. The third kappa shape index (κ3) is 6.17. The van der Waals surface area contributed by atoms with Crippen LogP contribution in [0, 0.1) is 17.0 Å². The second-order valence-corrected chi connectivity index (χ2v) is 6.53. The molecule has 144 valence electrons. The average molecular weight is 399 g/mol. The Morgan fingerprint density at radius 2 is 1.81 bits per heavy atom. The van der Waals surface area contributed by atoms with Gasteiger partial charge in [0.25, 0.3) is 5.69 Å². The Labute approximate surface area is 157 Å². The summed E-state index contributed by atoms with van der Waals surface area (Å²) in [6, 6.07) is 10.7. The van der Waals surface area contributed by atoms with Crippen LogP contribution in [0.2, 0.25) is 0 Å². The molecule has 0 aliphatic rings. The highest BCUT2D eigenvalue weighted by Gasteiger charge is 2.27. The van der Waals surface area contributed by atoms with Crippen LogP contribution in [0.1, 0.15) is 5.56 Å². The van der Waals surface area contributed by atoms with Crippen LogP contribution in [0.4, 0.5) is 30.2 Å². The number of carbonyl (C=O) groups is 1. The van der Waals surface area contributed by atoms with E-state index in [2.05, 4.69) is 10.6 Å². The fourth-order valence-electron chi connectivity index (χ4n) is 2.22. The third-order valence-electron chi connectivity index (χ3n) is 3.49. The molecule has 10 heteroatoms. The number of anilines is 2. The summed E-state index contributed by atoms with van der Waals surface area (Å²) in [5.41, 5.74) is 0.903. The second kappa shape index (κ2) is 8.76. The van der Waals surface area contributed by atoms with Gasteiger partial charge in [0.1, 0.15) is 0 Å². The fourth-order valence-corrected chi connectivity index (χ4v) is 3.01. The van der Waals surface area contributed by atoms with Gasteiger partial charge in [0.05, 0.1) is 28.5 Å². The number of rotatable bonds is 7. The van der Waals surface area contributed by atoms with Gasteiger partial charge in [0, 0.05) is 16.6 Å². The van der Waals surface area contributed by atoms with E-state index in [9.17, 15) is 28.1 Å². The van der Waals surface area contributed by atoms with E-state index in [-0.39, 0.29) is 12.2 Å². The zero-order valence-corrected chi connectivity index (χ0v) is 15.0. The van der Waals surface area contributed by atoms with Gasteiger partial charge in [-0.2, -0.15) is 13.2 Å². The molecule has 0 fully saturated rings. The lowest BCUT2D eigenvalue weighted by molar-refractivity contribution is -0.385. The first-order valence-corrected chi connectivity index (χ1v) is 8.72. The van der Waals surface area contributed by atoms with Gasteiger partial charge in [0.15, 0.2) is 0 Å². The number of hydrogen-bond donors (Lipinski definition) is 2. The number of amides is 1. The summed E-state index contributed by atoms with van der Waals surface area (Å²) >= 11 is 0.623. The van der Waals surface area contributed by atoms with E-state index in [4.69, 9.17) is 0 Å². The van der Waals surface area contributed by atoms with Crippen LogP contribution < -0.4 is 10.6 Å². The van der Waals surface area contributed by atoms with E-state index < -0.39 is 22.8 Å². The van der Waals surface area contributed by atoms with Crippen molar-refractivity contribution in [2.75, 3.05) is 22.9 Å². The van der Waals surface area contributed by atoms with E-state index >= 15 is 0 Å². The smallest absolute Gasteiger partial charge is 0.375 e. The molecule has 0 saturated carbocycles. The van der Waals surface area contributed by atoms with Crippen LogP contribution in [0.25, 0.3) is 0 Å². The predicted molar refractivity (Wildman–Crippen MR) is 98.2 cm³/mol. The van der Waals surface area contributed by atoms with Crippen molar-refractivity contribution in [3.05, 3.63) is 58.1 Å². The van der Waals surface area contributed by atoms with Gasteiger partial charge in [-0.1, -0.05) is 18.2 Å². The van der Waals surface area contributed by atoms with Crippen LogP contribution in [-0.4, -0.2) is 29.3 Å². The molecule has 2 rings (SSSR count). The number of thioether (sulfide) groups is 1. The largest absolute Gasteiger partial charge is 0.398 e. The molecule has 0 aliphatic heterocycles. The molecule has 0 saturated heterocycles. The number of para-hydroxylation sites is 1. The maximum atomic E-state index is 12.4. The zero-order valence-electron chi connectivity index (χ0n) is 14.2. The maximum absolute atomic E-state index is 12.4. The minimum Gasteiger partial charge on any atom is -0.375 e. The van der Waals surface area contributed by atoms with Crippen molar-refractivity contribution >= 4 is 34.7 Å². The van der Waals surface area contributed by atoms with Crippen LogP contribution >= 0.6 is 11.8 Å². The first kappa shape index (κ1) is 20.6. The van der Waals surface area contributed by atoms with Gasteiger partial charge >= 0.3 is 6.18 Å². The molecular formula is C17H16F3N3O3S. The van der Waals surface area contributed by atoms with Gasteiger partial charge in [-0.3, -0.25) is 14.9 Å². The molecule has 0 aromatic heterocycles. The highest BCUT2D eigenvalue weighted by molar-refractivity contribution is 7.99. The van der Waals surface area contributed by atoms with Gasteiger partial charge < -0.3 is 10.6 Å². The predicted octanol–water partition coefficient (Wildman–Crippen LogP) is 4.61. The van der Waals surface area contributed by atoms with Crippen molar-refractivity contribution < 1.29 is 22.9 Å². The zero-order chi connectivity index (χ0) is 20.0. The summed E-state index contributed by atoms with van der Waals surface area (Å²) < 4.78 is 37.2. The van der Waals surface area contributed by atoms with Crippen molar-refractivity contribution in [2.45, 2.75) is 18.0 Å². The molecule has 2 aromatic carbocycles. The summed E-state index contributed by atoms with van der Waals surface area (Å²) in [5.74, 6) is -1.51. The summed E-state index contributed by atoms with van der Waals surface area (Å²) in [5, 5.41) is 16.3. The van der Waals surface area contributed by atoms with E-state index in [1.807, 2.05) is 0 Å².